The van der Waals surface area contributed by atoms with Crippen LogP contribution in [-0.2, 0) is 4.79 Å². The van der Waals surface area contributed by atoms with Crippen LogP contribution in [0.2, 0.25) is 0 Å². The SMILES string of the molecule is CC(=O)Nc1ccc(NC2=C(N3CCCC3)C(=O)c3ccccc3C2=O)cc1. The van der Waals surface area contributed by atoms with Crippen molar-refractivity contribution in [2.75, 3.05) is 23.7 Å². The van der Waals surface area contributed by atoms with E-state index >= 15 is 0 Å². The van der Waals surface area contributed by atoms with Crippen molar-refractivity contribution in [2.45, 2.75) is 19.8 Å². The fourth-order valence-corrected chi connectivity index (χ4v) is 3.71. The normalized spacial score (nSPS) is 16.2. The second kappa shape index (κ2) is 7.31. The van der Waals surface area contributed by atoms with Crippen LogP contribution in [-0.4, -0.2) is 35.5 Å². The fraction of sp³-hybridized carbons (Fsp3) is 0.227. The van der Waals surface area contributed by atoms with Crippen LogP contribution in [0.1, 0.15) is 40.5 Å². The summed E-state index contributed by atoms with van der Waals surface area (Å²) in [6.45, 7) is 2.98. The first kappa shape index (κ1) is 18.0. The van der Waals surface area contributed by atoms with Crippen molar-refractivity contribution >= 4 is 28.8 Å². The maximum absolute atomic E-state index is 13.2. The van der Waals surface area contributed by atoms with Crippen molar-refractivity contribution in [1.82, 2.24) is 4.90 Å². The molecule has 0 radical (unpaired) electrons. The Hall–Kier alpha value is -3.41. The molecule has 2 aromatic rings. The van der Waals surface area contributed by atoms with Crippen LogP contribution in [0.3, 0.4) is 0 Å². The van der Waals surface area contributed by atoms with E-state index in [1.165, 1.54) is 6.92 Å². The first-order valence-corrected chi connectivity index (χ1v) is 9.37. The lowest BCUT2D eigenvalue weighted by molar-refractivity contribution is -0.114. The molecule has 6 nitrogen and oxygen atoms in total. The Morgan fingerprint density at radius 1 is 0.857 bits per heavy atom. The van der Waals surface area contributed by atoms with E-state index in [1.807, 2.05) is 4.90 Å². The van der Waals surface area contributed by atoms with E-state index in [0.29, 0.717) is 33.9 Å². The molecule has 142 valence electrons. The molecule has 0 atom stereocenters. The topological polar surface area (TPSA) is 78.5 Å². The summed E-state index contributed by atoms with van der Waals surface area (Å²) < 4.78 is 0. The van der Waals surface area contributed by atoms with Gasteiger partial charge in [0.1, 0.15) is 11.4 Å². The molecule has 0 unspecified atom stereocenters. The number of benzene rings is 2. The van der Waals surface area contributed by atoms with Crippen molar-refractivity contribution in [2.24, 2.45) is 0 Å². The number of carbonyl (C=O) groups excluding carboxylic acids is 3. The Bertz CT molecular complexity index is 986. The van der Waals surface area contributed by atoms with Gasteiger partial charge in [0.05, 0.1) is 0 Å². The van der Waals surface area contributed by atoms with Gasteiger partial charge in [0.2, 0.25) is 17.5 Å². The van der Waals surface area contributed by atoms with Gasteiger partial charge in [-0.05, 0) is 37.1 Å². The molecular formula is C22H21N3O3. The third kappa shape index (κ3) is 3.29. The fourth-order valence-electron chi connectivity index (χ4n) is 3.71. The predicted molar refractivity (Wildman–Crippen MR) is 107 cm³/mol. The summed E-state index contributed by atoms with van der Waals surface area (Å²) >= 11 is 0. The average Bonchev–Trinajstić information content (AvgIpc) is 3.21. The number of hydrogen-bond donors (Lipinski definition) is 2. The Kier molecular flexibility index (Phi) is 4.69. The Morgan fingerprint density at radius 3 is 2.04 bits per heavy atom. The van der Waals surface area contributed by atoms with Crippen LogP contribution in [0.4, 0.5) is 11.4 Å². The number of likely N-dealkylation sites (tertiary alicyclic amines) is 1. The molecule has 0 spiro atoms. The number of allylic oxidation sites excluding steroid dienone is 2. The highest BCUT2D eigenvalue weighted by molar-refractivity contribution is 6.27. The Morgan fingerprint density at radius 2 is 1.43 bits per heavy atom. The van der Waals surface area contributed by atoms with Crippen LogP contribution in [0.25, 0.3) is 0 Å². The van der Waals surface area contributed by atoms with Gasteiger partial charge in [0.25, 0.3) is 0 Å². The van der Waals surface area contributed by atoms with Crippen molar-refractivity contribution in [3.8, 4) is 0 Å². The van der Waals surface area contributed by atoms with Gasteiger partial charge in [-0.1, -0.05) is 24.3 Å². The van der Waals surface area contributed by atoms with E-state index in [4.69, 9.17) is 0 Å². The lowest BCUT2D eigenvalue weighted by Gasteiger charge is -2.28. The quantitative estimate of drug-likeness (QED) is 0.856. The number of amides is 1. The minimum absolute atomic E-state index is 0.116. The van der Waals surface area contributed by atoms with Gasteiger partial charge < -0.3 is 15.5 Å². The summed E-state index contributed by atoms with van der Waals surface area (Å²) in [5.41, 5.74) is 3.00. The van der Waals surface area contributed by atoms with E-state index in [9.17, 15) is 14.4 Å². The zero-order valence-corrected chi connectivity index (χ0v) is 15.6. The van der Waals surface area contributed by atoms with Gasteiger partial charge in [-0.3, -0.25) is 14.4 Å². The number of ketones is 2. The molecule has 0 saturated carbocycles. The molecule has 2 aliphatic rings. The number of Topliss-reactive ketones (excluding diaryl/α,β-unsaturated/α-hetero) is 2. The summed E-state index contributed by atoms with van der Waals surface area (Å²) in [5.74, 6) is -0.443. The monoisotopic (exact) mass is 375 g/mol. The molecule has 6 heteroatoms. The van der Waals surface area contributed by atoms with Gasteiger partial charge in [-0.2, -0.15) is 0 Å². The molecule has 1 aliphatic carbocycles. The number of carbonyl (C=O) groups is 3. The van der Waals surface area contributed by atoms with Crippen molar-refractivity contribution < 1.29 is 14.4 Å². The highest BCUT2D eigenvalue weighted by Crippen LogP contribution is 2.31. The van der Waals surface area contributed by atoms with E-state index in [-0.39, 0.29) is 17.5 Å². The number of fused-ring (bicyclic) bond motifs is 1. The summed E-state index contributed by atoms with van der Waals surface area (Å²) in [5, 5.41) is 5.87. The van der Waals surface area contributed by atoms with Gasteiger partial charge >= 0.3 is 0 Å². The van der Waals surface area contributed by atoms with Crippen LogP contribution < -0.4 is 10.6 Å². The van der Waals surface area contributed by atoms with Gasteiger partial charge in [0, 0.05) is 42.5 Å². The first-order valence-electron chi connectivity index (χ1n) is 9.37. The zero-order chi connectivity index (χ0) is 19.7. The smallest absolute Gasteiger partial charge is 0.221 e. The van der Waals surface area contributed by atoms with Crippen molar-refractivity contribution in [3.63, 3.8) is 0 Å². The molecule has 28 heavy (non-hydrogen) atoms. The van der Waals surface area contributed by atoms with Crippen LogP contribution in [0.15, 0.2) is 59.9 Å². The van der Waals surface area contributed by atoms with Crippen molar-refractivity contribution in [1.29, 1.82) is 0 Å². The summed E-state index contributed by atoms with van der Waals surface area (Å²) in [6.07, 6.45) is 2.01. The number of anilines is 2. The zero-order valence-electron chi connectivity index (χ0n) is 15.6. The highest BCUT2D eigenvalue weighted by atomic mass is 16.1. The number of nitrogens with one attached hydrogen (secondary N) is 2. The molecule has 1 fully saturated rings. The van der Waals surface area contributed by atoms with Crippen LogP contribution >= 0.6 is 0 Å². The minimum atomic E-state index is -0.178. The lowest BCUT2D eigenvalue weighted by Crippen LogP contribution is -2.35. The van der Waals surface area contributed by atoms with E-state index in [2.05, 4.69) is 10.6 Å². The number of hydrogen-bond acceptors (Lipinski definition) is 5. The maximum Gasteiger partial charge on any atom is 0.221 e. The summed E-state index contributed by atoms with van der Waals surface area (Å²) in [7, 11) is 0. The third-order valence-corrected chi connectivity index (χ3v) is 4.99. The molecule has 2 aromatic carbocycles. The molecule has 0 aromatic heterocycles. The largest absolute Gasteiger partial charge is 0.367 e. The minimum Gasteiger partial charge on any atom is -0.367 e. The first-order chi connectivity index (χ1) is 13.5. The summed E-state index contributed by atoms with van der Waals surface area (Å²) in [6, 6.07) is 14.0. The Balaban J connectivity index is 1.72. The van der Waals surface area contributed by atoms with Crippen molar-refractivity contribution in [3.05, 3.63) is 71.1 Å². The molecule has 1 saturated heterocycles. The molecular weight excluding hydrogens is 354 g/mol. The number of nitrogens with zero attached hydrogens (tertiary/aromatic N) is 1. The molecule has 4 rings (SSSR count). The van der Waals surface area contributed by atoms with E-state index < -0.39 is 0 Å². The molecule has 1 heterocycles. The van der Waals surface area contributed by atoms with E-state index in [1.54, 1.807) is 48.5 Å². The van der Waals surface area contributed by atoms with E-state index in [0.717, 1.165) is 25.9 Å². The lowest BCUT2D eigenvalue weighted by atomic mass is 9.89. The number of rotatable bonds is 4. The highest BCUT2D eigenvalue weighted by Gasteiger charge is 2.36. The van der Waals surface area contributed by atoms with Gasteiger partial charge in [-0.25, -0.2) is 0 Å². The third-order valence-electron chi connectivity index (χ3n) is 4.99. The Labute approximate surface area is 163 Å². The molecule has 1 amide bonds. The molecule has 2 N–H and O–H groups in total. The second-order valence-electron chi connectivity index (χ2n) is 7.01. The van der Waals surface area contributed by atoms with Crippen LogP contribution in [0.5, 0.6) is 0 Å². The second-order valence-corrected chi connectivity index (χ2v) is 7.01. The summed E-state index contributed by atoms with van der Waals surface area (Å²) in [4.78, 5) is 39.6. The predicted octanol–water partition coefficient (Wildman–Crippen LogP) is 3.44. The van der Waals surface area contributed by atoms with Gasteiger partial charge in [0.15, 0.2) is 0 Å². The maximum atomic E-state index is 13.2. The van der Waals surface area contributed by atoms with Crippen LogP contribution in [0, 0.1) is 0 Å². The molecule has 1 aliphatic heterocycles. The van der Waals surface area contributed by atoms with Gasteiger partial charge in [-0.15, -0.1) is 0 Å². The standard InChI is InChI=1S/C22H21N3O3/c1-14(26)23-15-8-10-16(11-9-15)24-19-20(25-12-4-5-13-25)22(28)18-7-3-2-6-17(18)21(19)27/h2-3,6-11,24H,4-5,12-13H2,1H3,(H,23,26). The average molecular weight is 375 g/mol. The molecule has 0 bridgehead atoms.